The SMILES string of the molecule is CC(=O)[C@H]1[C@H](c2ccc(N(C)C)cc2)C[C@H]2[C@H]3CC=C4C[C@@H](O)CC[C@]4(C)[C@@H]3CC[C@@]21C. The van der Waals surface area contributed by atoms with Gasteiger partial charge in [-0.25, -0.2) is 0 Å². The van der Waals surface area contributed by atoms with E-state index in [0.717, 1.165) is 32.1 Å². The molecular formula is C29H41NO2. The lowest BCUT2D eigenvalue weighted by Gasteiger charge is -2.57. The Hall–Kier alpha value is -1.61. The molecule has 0 unspecified atom stereocenters. The molecule has 3 saturated carbocycles. The highest BCUT2D eigenvalue weighted by Crippen LogP contribution is 2.68. The number of anilines is 1. The summed E-state index contributed by atoms with van der Waals surface area (Å²) in [6, 6.07) is 8.97. The van der Waals surface area contributed by atoms with Crippen molar-refractivity contribution in [2.75, 3.05) is 19.0 Å². The molecule has 0 saturated heterocycles. The molecule has 4 aliphatic carbocycles. The molecule has 0 spiro atoms. The van der Waals surface area contributed by atoms with Gasteiger partial charge in [0.15, 0.2) is 0 Å². The van der Waals surface area contributed by atoms with Crippen LogP contribution in [0.5, 0.6) is 0 Å². The summed E-state index contributed by atoms with van der Waals surface area (Å²) in [5.41, 5.74) is 4.45. The Morgan fingerprint density at radius 2 is 1.78 bits per heavy atom. The van der Waals surface area contributed by atoms with Gasteiger partial charge >= 0.3 is 0 Å². The van der Waals surface area contributed by atoms with Gasteiger partial charge in [0, 0.05) is 25.7 Å². The third-order valence-electron chi connectivity index (χ3n) is 10.4. The highest BCUT2D eigenvalue weighted by Gasteiger charge is 2.62. The van der Waals surface area contributed by atoms with Gasteiger partial charge in [-0.05, 0) is 104 Å². The zero-order chi connectivity index (χ0) is 22.8. The topological polar surface area (TPSA) is 40.5 Å². The minimum absolute atomic E-state index is 0.105. The monoisotopic (exact) mass is 435 g/mol. The van der Waals surface area contributed by atoms with E-state index in [2.05, 4.69) is 63.2 Å². The summed E-state index contributed by atoms with van der Waals surface area (Å²) in [6.07, 6.45) is 9.97. The van der Waals surface area contributed by atoms with Crippen LogP contribution >= 0.6 is 0 Å². The second-order valence-corrected chi connectivity index (χ2v) is 12.1. The first kappa shape index (κ1) is 22.2. The Balaban J connectivity index is 1.49. The number of carbonyl (C=O) groups is 1. The molecule has 0 bridgehead atoms. The third kappa shape index (κ3) is 3.22. The summed E-state index contributed by atoms with van der Waals surface area (Å²) < 4.78 is 0. The average Bonchev–Trinajstić information content (AvgIpc) is 3.07. The van der Waals surface area contributed by atoms with Gasteiger partial charge < -0.3 is 10.0 Å². The van der Waals surface area contributed by atoms with Crippen LogP contribution in [-0.4, -0.2) is 31.1 Å². The molecule has 0 aromatic heterocycles. The Morgan fingerprint density at radius 1 is 1.06 bits per heavy atom. The van der Waals surface area contributed by atoms with Gasteiger partial charge in [0.05, 0.1) is 6.10 Å². The normalized spacial score (nSPS) is 43.0. The van der Waals surface area contributed by atoms with Crippen LogP contribution < -0.4 is 4.90 Å². The van der Waals surface area contributed by atoms with Crippen LogP contribution in [0.1, 0.15) is 77.2 Å². The number of ketones is 1. The molecule has 3 nitrogen and oxygen atoms in total. The average molecular weight is 436 g/mol. The molecule has 0 heterocycles. The van der Waals surface area contributed by atoms with Crippen molar-refractivity contribution >= 4 is 11.5 Å². The maximum Gasteiger partial charge on any atom is 0.134 e. The van der Waals surface area contributed by atoms with Gasteiger partial charge in [0.2, 0.25) is 0 Å². The lowest BCUT2D eigenvalue weighted by molar-refractivity contribution is -0.128. The summed E-state index contributed by atoms with van der Waals surface area (Å²) in [6.45, 7) is 6.77. The van der Waals surface area contributed by atoms with Crippen molar-refractivity contribution in [3.8, 4) is 0 Å². The molecular weight excluding hydrogens is 394 g/mol. The lowest BCUT2D eigenvalue weighted by atomic mass is 9.47. The first-order valence-electron chi connectivity index (χ1n) is 12.8. The number of benzene rings is 1. The predicted octanol–water partition coefficient (Wildman–Crippen LogP) is 5.98. The van der Waals surface area contributed by atoms with Crippen LogP contribution in [0.2, 0.25) is 0 Å². The number of aliphatic hydroxyl groups is 1. The van der Waals surface area contributed by atoms with Crippen LogP contribution in [0.15, 0.2) is 35.9 Å². The van der Waals surface area contributed by atoms with E-state index in [4.69, 9.17) is 0 Å². The minimum atomic E-state index is -0.150. The maximum absolute atomic E-state index is 13.1. The number of rotatable bonds is 3. The third-order valence-corrected chi connectivity index (χ3v) is 10.4. The zero-order valence-electron chi connectivity index (χ0n) is 20.6. The Labute approximate surface area is 194 Å². The van der Waals surface area contributed by atoms with E-state index in [1.807, 2.05) is 6.92 Å². The van der Waals surface area contributed by atoms with Gasteiger partial charge in [0.1, 0.15) is 5.78 Å². The van der Waals surface area contributed by atoms with Gasteiger partial charge in [-0.2, -0.15) is 0 Å². The second-order valence-electron chi connectivity index (χ2n) is 12.1. The van der Waals surface area contributed by atoms with Crippen molar-refractivity contribution in [3.05, 3.63) is 41.5 Å². The Bertz CT molecular complexity index is 918. The largest absolute Gasteiger partial charge is 0.393 e. The highest BCUT2D eigenvalue weighted by molar-refractivity contribution is 5.81. The van der Waals surface area contributed by atoms with Gasteiger partial charge in [-0.3, -0.25) is 4.79 Å². The van der Waals surface area contributed by atoms with E-state index in [9.17, 15) is 9.90 Å². The number of hydrogen-bond donors (Lipinski definition) is 1. The molecule has 32 heavy (non-hydrogen) atoms. The van der Waals surface area contributed by atoms with E-state index in [1.165, 1.54) is 29.7 Å². The Morgan fingerprint density at radius 3 is 2.44 bits per heavy atom. The number of Topliss-reactive ketones (excluding diaryl/α,β-unsaturated/α-hetero) is 1. The second kappa shape index (κ2) is 7.72. The van der Waals surface area contributed by atoms with Gasteiger partial charge in [0.25, 0.3) is 0 Å². The van der Waals surface area contributed by atoms with Gasteiger partial charge in [-0.1, -0.05) is 37.6 Å². The van der Waals surface area contributed by atoms with Crippen molar-refractivity contribution in [1.82, 2.24) is 0 Å². The maximum atomic E-state index is 13.1. The molecule has 0 radical (unpaired) electrons. The Kier molecular flexibility index (Phi) is 5.36. The minimum Gasteiger partial charge on any atom is -0.393 e. The summed E-state index contributed by atoms with van der Waals surface area (Å²) >= 11 is 0. The van der Waals surface area contributed by atoms with Crippen LogP contribution in [0.4, 0.5) is 5.69 Å². The smallest absolute Gasteiger partial charge is 0.134 e. The molecule has 174 valence electrons. The molecule has 0 aliphatic heterocycles. The fraction of sp³-hybridized carbons (Fsp3) is 0.690. The quantitative estimate of drug-likeness (QED) is 0.594. The van der Waals surface area contributed by atoms with E-state index in [-0.39, 0.29) is 22.9 Å². The summed E-state index contributed by atoms with van der Waals surface area (Å²) in [5.74, 6) is 2.83. The van der Waals surface area contributed by atoms with E-state index >= 15 is 0 Å². The summed E-state index contributed by atoms with van der Waals surface area (Å²) in [4.78, 5) is 15.2. The molecule has 1 N–H and O–H groups in total. The molecule has 4 aliphatic rings. The van der Waals surface area contributed by atoms with Crippen molar-refractivity contribution < 1.29 is 9.90 Å². The van der Waals surface area contributed by atoms with Crippen molar-refractivity contribution in [2.45, 2.75) is 77.7 Å². The predicted molar refractivity (Wildman–Crippen MR) is 131 cm³/mol. The first-order valence-corrected chi connectivity index (χ1v) is 12.8. The molecule has 5 rings (SSSR count). The van der Waals surface area contributed by atoms with E-state index < -0.39 is 0 Å². The highest BCUT2D eigenvalue weighted by atomic mass is 16.3. The van der Waals surface area contributed by atoms with Crippen LogP contribution in [0, 0.1) is 34.5 Å². The van der Waals surface area contributed by atoms with Crippen molar-refractivity contribution in [2.24, 2.45) is 34.5 Å². The molecule has 0 amide bonds. The molecule has 3 fully saturated rings. The fourth-order valence-electron chi connectivity index (χ4n) is 8.78. The molecule has 1 aromatic rings. The summed E-state index contributed by atoms with van der Waals surface area (Å²) in [7, 11) is 4.16. The lowest BCUT2D eigenvalue weighted by Crippen LogP contribution is -2.51. The molecule has 3 heteroatoms. The van der Waals surface area contributed by atoms with Crippen LogP contribution in [-0.2, 0) is 4.79 Å². The fourth-order valence-corrected chi connectivity index (χ4v) is 8.78. The van der Waals surface area contributed by atoms with E-state index in [1.54, 1.807) is 0 Å². The summed E-state index contributed by atoms with van der Waals surface area (Å²) in [5, 5.41) is 10.3. The van der Waals surface area contributed by atoms with Crippen LogP contribution in [0.25, 0.3) is 0 Å². The molecule has 8 atom stereocenters. The number of hydrogen-bond acceptors (Lipinski definition) is 3. The number of carbonyl (C=O) groups excluding carboxylic acids is 1. The van der Waals surface area contributed by atoms with Crippen LogP contribution in [0.3, 0.4) is 0 Å². The van der Waals surface area contributed by atoms with Gasteiger partial charge in [-0.15, -0.1) is 0 Å². The van der Waals surface area contributed by atoms with Crippen molar-refractivity contribution in [1.29, 1.82) is 0 Å². The number of nitrogens with zero attached hydrogens (tertiary/aromatic N) is 1. The number of allylic oxidation sites excluding steroid dienone is 1. The van der Waals surface area contributed by atoms with Crippen molar-refractivity contribution in [3.63, 3.8) is 0 Å². The number of aliphatic hydroxyl groups excluding tert-OH is 1. The van der Waals surface area contributed by atoms with E-state index in [0.29, 0.717) is 29.5 Å². The number of fused-ring (bicyclic) bond motifs is 5. The zero-order valence-corrected chi connectivity index (χ0v) is 20.6. The molecule has 1 aromatic carbocycles. The standard InChI is InChI=1S/C29H41NO2/c1-18(31)27-24(19-6-9-21(10-7-19)30(4)5)17-26-23-11-8-20-16-22(32)12-14-28(20,2)25(23)13-15-29(26,27)3/h6-10,22-27,32H,11-17H2,1-5H3/t22-,23-,24-,25+,26-,27-,28-,29-/m0/s1. The first-order chi connectivity index (χ1) is 15.1.